The predicted molar refractivity (Wildman–Crippen MR) is 90.5 cm³/mol. The first kappa shape index (κ1) is 14.1. The molecule has 4 heteroatoms. The number of carbonyl (C=O) groups excluding carboxylic acids is 1. The number of aromatic nitrogens is 2. The minimum Gasteiger partial charge on any atom is -0.347 e. The molecule has 1 N–H and O–H groups in total. The van der Waals surface area contributed by atoms with Gasteiger partial charge in [-0.25, -0.2) is 9.97 Å². The fraction of sp³-hybridized carbons (Fsp3) is 0.316. The number of ketones is 1. The molecule has 1 aromatic heterocycles. The first-order valence-corrected chi connectivity index (χ1v) is 8.15. The summed E-state index contributed by atoms with van der Waals surface area (Å²) in [5.41, 5.74) is 5.40. The molecule has 0 spiro atoms. The van der Waals surface area contributed by atoms with E-state index in [9.17, 15) is 4.79 Å². The van der Waals surface area contributed by atoms with Crippen LogP contribution in [0.5, 0.6) is 0 Å². The third-order valence-electron chi connectivity index (χ3n) is 4.77. The number of nitrogens with one attached hydrogen (secondary N) is 1. The summed E-state index contributed by atoms with van der Waals surface area (Å²) < 4.78 is 0. The standard InChI is InChI=1S/C19H19N3O/c1-2-12-6-7-13-8-9-17(14(13)10-12)22-19-20-11-15-16(21-19)4-3-5-18(15)23/h2,6-7,10-11,17H,1,3-5,8-9H2,(H,20,21,22)/t17-/m1/s1. The number of carbonyl (C=O) groups is 1. The number of anilines is 1. The zero-order valence-corrected chi connectivity index (χ0v) is 13.0. The Morgan fingerprint density at radius 2 is 2.17 bits per heavy atom. The minimum atomic E-state index is 0.166. The Labute approximate surface area is 135 Å². The molecule has 1 atom stereocenters. The van der Waals surface area contributed by atoms with Crippen LogP contribution in [-0.4, -0.2) is 15.8 Å². The SMILES string of the molecule is C=Cc1ccc2c(c1)[C@H](Nc1ncc3c(n1)CCCC3=O)CC2. The van der Waals surface area contributed by atoms with Crippen molar-refractivity contribution < 1.29 is 4.79 Å². The maximum absolute atomic E-state index is 11.9. The van der Waals surface area contributed by atoms with Crippen molar-refractivity contribution >= 4 is 17.8 Å². The molecule has 0 saturated heterocycles. The van der Waals surface area contributed by atoms with Gasteiger partial charge in [0.25, 0.3) is 0 Å². The van der Waals surface area contributed by atoms with Crippen LogP contribution in [0.25, 0.3) is 6.08 Å². The lowest BCUT2D eigenvalue weighted by atomic mass is 9.96. The van der Waals surface area contributed by atoms with E-state index in [1.807, 2.05) is 6.08 Å². The summed E-state index contributed by atoms with van der Waals surface area (Å²) in [5, 5.41) is 3.45. The molecule has 0 unspecified atom stereocenters. The lowest BCUT2D eigenvalue weighted by molar-refractivity contribution is 0.0971. The largest absolute Gasteiger partial charge is 0.347 e. The maximum Gasteiger partial charge on any atom is 0.223 e. The van der Waals surface area contributed by atoms with Gasteiger partial charge in [-0.15, -0.1) is 0 Å². The summed E-state index contributed by atoms with van der Waals surface area (Å²) in [6, 6.07) is 6.70. The molecule has 2 aromatic rings. The van der Waals surface area contributed by atoms with Gasteiger partial charge in [-0.1, -0.05) is 24.8 Å². The van der Waals surface area contributed by atoms with Crippen LogP contribution in [0.15, 0.2) is 31.0 Å². The lowest BCUT2D eigenvalue weighted by Gasteiger charge is -2.17. The fourth-order valence-corrected chi connectivity index (χ4v) is 3.51. The van der Waals surface area contributed by atoms with Gasteiger partial charge < -0.3 is 5.32 Å². The van der Waals surface area contributed by atoms with Crippen LogP contribution in [-0.2, 0) is 12.8 Å². The van der Waals surface area contributed by atoms with Crippen molar-refractivity contribution in [3.8, 4) is 0 Å². The lowest BCUT2D eigenvalue weighted by Crippen LogP contribution is -2.16. The van der Waals surface area contributed by atoms with Gasteiger partial charge in [-0.3, -0.25) is 4.79 Å². The third-order valence-corrected chi connectivity index (χ3v) is 4.77. The zero-order chi connectivity index (χ0) is 15.8. The Morgan fingerprint density at radius 3 is 3.04 bits per heavy atom. The van der Waals surface area contributed by atoms with Crippen LogP contribution >= 0.6 is 0 Å². The minimum absolute atomic E-state index is 0.166. The summed E-state index contributed by atoms with van der Waals surface area (Å²) in [7, 11) is 0. The molecular weight excluding hydrogens is 286 g/mol. The Morgan fingerprint density at radius 1 is 1.26 bits per heavy atom. The molecule has 0 aliphatic heterocycles. The van der Waals surface area contributed by atoms with Crippen LogP contribution < -0.4 is 5.32 Å². The molecule has 1 heterocycles. The van der Waals surface area contributed by atoms with Crippen LogP contribution in [0, 0.1) is 0 Å². The Kier molecular flexibility index (Phi) is 3.45. The summed E-state index contributed by atoms with van der Waals surface area (Å²) >= 11 is 0. The molecule has 116 valence electrons. The molecule has 23 heavy (non-hydrogen) atoms. The second-order valence-electron chi connectivity index (χ2n) is 6.23. The van der Waals surface area contributed by atoms with Crippen molar-refractivity contribution in [2.75, 3.05) is 5.32 Å². The van der Waals surface area contributed by atoms with E-state index in [0.29, 0.717) is 17.9 Å². The first-order chi connectivity index (χ1) is 11.2. The van der Waals surface area contributed by atoms with Crippen LogP contribution in [0.4, 0.5) is 5.95 Å². The zero-order valence-electron chi connectivity index (χ0n) is 13.0. The van der Waals surface area contributed by atoms with Crippen molar-refractivity contribution in [3.05, 3.63) is 58.9 Å². The average Bonchev–Trinajstić information content (AvgIpc) is 2.97. The molecule has 0 radical (unpaired) electrons. The van der Waals surface area contributed by atoms with Crippen LogP contribution in [0.3, 0.4) is 0 Å². The van der Waals surface area contributed by atoms with E-state index in [1.54, 1.807) is 6.20 Å². The Hall–Kier alpha value is -2.49. The first-order valence-electron chi connectivity index (χ1n) is 8.15. The normalized spacial score (nSPS) is 19.1. The van der Waals surface area contributed by atoms with E-state index >= 15 is 0 Å². The van der Waals surface area contributed by atoms with Crippen molar-refractivity contribution in [1.29, 1.82) is 0 Å². The van der Waals surface area contributed by atoms with Gasteiger partial charge in [0.2, 0.25) is 5.95 Å². The smallest absolute Gasteiger partial charge is 0.223 e. The third kappa shape index (κ3) is 2.54. The van der Waals surface area contributed by atoms with Gasteiger partial charge in [-0.2, -0.15) is 0 Å². The van der Waals surface area contributed by atoms with Gasteiger partial charge >= 0.3 is 0 Å². The van der Waals surface area contributed by atoms with Crippen LogP contribution in [0.1, 0.15) is 58.0 Å². The quantitative estimate of drug-likeness (QED) is 0.938. The number of rotatable bonds is 3. The van der Waals surface area contributed by atoms with E-state index in [1.165, 1.54) is 11.1 Å². The molecular formula is C19H19N3O. The molecule has 0 fully saturated rings. The fourth-order valence-electron chi connectivity index (χ4n) is 3.51. The number of hydrogen-bond donors (Lipinski definition) is 1. The highest BCUT2D eigenvalue weighted by Crippen LogP contribution is 2.34. The highest BCUT2D eigenvalue weighted by Gasteiger charge is 2.24. The molecule has 0 amide bonds. The predicted octanol–water partition coefficient (Wildman–Crippen LogP) is 3.74. The van der Waals surface area contributed by atoms with Crippen molar-refractivity contribution in [1.82, 2.24) is 9.97 Å². The average molecular weight is 305 g/mol. The molecule has 0 saturated carbocycles. The van der Waals surface area contributed by atoms with E-state index in [4.69, 9.17) is 0 Å². The Balaban J connectivity index is 1.61. The van der Waals surface area contributed by atoms with Gasteiger partial charge in [0.15, 0.2) is 5.78 Å². The van der Waals surface area contributed by atoms with Crippen molar-refractivity contribution in [2.24, 2.45) is 0 Å². The van der Waals surface area contributed by atoms with Crippen molar-refractivity contribution in [2.45, 2.75) is 38.1 Å². The maximum atomic E-state index is 11.9. The van der Waals surface area contributed by atoms with E-state index < -0.39 is 0 Å². The summed E-state index contributed by atoms with van der Waals surface area (Å²) in [4.78, 5) is 20.8. The summed E-state index contributed by atoms with van der Waals surface area (Å²) in [5.74, 6) is 0.792. The van der Waals surface area contributed by atoms with Gasteiger partial charge in [-0.05, 0) is 48.4 Å². The monoisotopic (exact) mass is 305 g/mol. The number of aryl methyl sites for hydroxylation is 2. The van der Waals surface area contributed by atoms with Crippen molar-refractivity contribution in [3.63, 3.8) is 0 Å². The molecule has 1 aromatic carbocycles. The number of Topliss-reactive ketones (excluding diaryl/α,β-unsaturated/α-hetero) is 1. The molecule has 2 aliphatic carbocycles. The van der Waals surface area contributed by atoms with E-state index in [-0.39, 0.29) is 11.8 Å². The molecule has 4 nitrogen and oxygen atoms in total. The van der Waals surface area contributed by atoms with Gasteiger partial charge in [0, 0.05) is 12.6 Å². The summed E-state index contributed by atoms with van der Waals surface area (Å²) in [6.45, 7) is 3.84. The van der Waals surface area contributed by atoms with E-state index in [0.717, 1.165) is 36.9 Å². The second-order valence-corrected chi connectivity index (χ2v) is 6.23. The number of hydrogen-bond acceptors (Lipinski definition) is 4. The molecule has 0 bridgehead atoms. The Bertz CT molecular complexity index is 797. The highest BCUT2D eigenvalue weighted by molar-refractivity contribution is 5.97. The van der Waals surface area contributed by atoms with Gasteiger partial charge in [0.1, 0.15) is 0 Å². The number of benzene rings is 1. The number of nitrogens with zero attached hydrogens (tertiary/aromatic N) is 2. The van der Waals surface area contributed by atoms with E-state index in [2.05, 4.69) is 40.1 Å². The molecule has 2 aliphatic rings. The van der Waals surface area contributed by atoms with Crippen LogP contribution in [0.2, 0.25) is 0 Å². The second kappa shape index (κ2) is 5.61. The molecule has 4 rings (SSSR count). The highest BCUT2D eigenvalue weighted by atomic mass is 16.1. The topological polar surface area (TPSA) is 54.9 Å². The number of fused-ring (bicyclic) bond motifs is 2. The van der Waals surface area contributed by atoms with Gasteiger partial charge in [0.05, 0.1) is 17.3 Å². The summed E-state index contributed by atoms with van der Waals surface area (Å²) in [6.07, 6.45) is 8.02.